The van der Waals surface area contributed by atoms with E-state index in [1.54, 1.807) is 17.0 Å². The molecule has 1 aromatic rings. The molecule has 1 aromatic carbocycles. The number of hydrogen-bond acceptors (Lipinski definition) is 4. The molecule has 0 N–H and O–H groups in total. The van der Waals surface area contributed by atoms with E-state index in [0.29, 0.717) is 17.2 Å². The number of piperidine rings is 1. The van der Waals surface area contributed by atoms with Crippen molar-refractivity contribution in [2.45, 2.75) is 57.9 Å². The van der Waals surface area contributed by atoms with E-state index in [9.17, 15) is 14.9 Å². The number of hydrogen-bond donors (Lipinski definition) is 0. The van der Waals surface area contributed by atoms with Gasteiger partial charge in [-0.15, -0.1) is 6.42 Å². The molecule has 0 atom stereocenters. The molecule has 28 heavy (non-hydrogen) atoms. The third-order valence-electron chi connectivity index (χ3n) is 6.08. The average Bonchev–Trinajstić information content (AvgIpc) is 2.72. The first kappa shape index (κ1) is 20.2. The maximum absolute atomic E-state index is 13.1. The summed E-state index contributed by atoms with van der Waals surface area (Å²) < 4.78 is 0. The topological polar surface area (TPSA) is 66.7 Å². The van der Waals surface area contributed by atoms with Crippen LogP contribution in [0.2, 0.25) is 0 Å². The Balaban J connectivity index is 1.86. The molecule has 150 valence electrons. The third-order valence-corrected chi connectivity index (χ3v) is 6.08. The minimum Gasteiger partial charge on any atom is -0.366 e. The quantitative estimate of drug-likeness (QED) is 0.433. The summed E-state index contributed by atoms with van der Waals surface area (Å²) in [5, 5.41) is 11.7. The average molecular weight is 383 g/mol. The lowest BCUT2D eigenvalue weighted by Crippen LogP contribution is -2.41. The highest BCUT2D eigenvalue weighted by Gasteiger charge is 2.29. The van der Waals surface area contributed by atoms with Crippen molar-refractivity contribution in [3.63, 3.8) is 0 Å². The van der Waals surface area contributed by atoms with Gasteiger partial charge in [0.15, 0.2) is 0 Å². The molecule has 3 rings (SSSR count). The molecule has 2 fully saturated rings. The van der Waals surface area contributed by atoms with Gasteiger partial charge in [-0.2, -0.15) is 0 Å². The van der Waals surface area contributed by atoms with Crippen molar-refractivity contribution in [2.75, 3.05) is 24.5 Å². The van der Waals surface area contributed by atoms with Crippen molar-refractivity contribution < 1.29 is 9.72 Å². The van der Waals surface area contributed by atoms with Crippen LogP contribution in [0, 0.1) is 28.4 Å². The Kier molecular flexibility index (Phi) is 6.56. The van der Waals surface area contributed by atoms with Gasteiger partial charge in [0.25, 0.3) is 11.6 Å². The van der Waals surface area contributed by atoms with Crippen LogP contribution in [0.4, 0.5) is 11.4 Å². The summed E-state index contributed by atoms with van der Waals surface area (Å²) in [6.45, 7) is 4.06. The van der Waals surface area contributed by atoms with Crippen molar-refractivity contribution in [2.24, 2.45) is 5.92 Å². The molecule has 1 amide bonds. The first-order valence-corrected chi connectivity index (χ1v) is 10.3. The molecule has 1 aliphatic heterocycles. The molecule has 0 radical (unpaired) electrons. The summed E-state index contributed by atoms with van der Waals surface area (Å²) >= 11 is 0. The maximum atomic E-state index is 13.1. The molecule has 0 bridgehead atoms. The second-order valence-corrected chi connectivity index (χ2v) is 8.06. The second kappa shape index (κ2) is 9.09. The van der Waals surface area contributed by atoms with Crippen molar-refractivity contribution >= 4 is 17.3 Å². The van der Waals surface area contributed by atoms with Crippen molar-refractivity contribution in [3.05, 3.63) is 33.9 Å². The van der Waals surface area contributed by atoms with Gasteiger partial charge in [0.05, 0.1) is 11.5 Å². The Bertz CT molecular complexity index is 757. The van der Waals surface area contributed by atoms with Gasteiger partial charge in [-0.05, 0) is 43.7 Å². The molecule has 6 heteroatoms. The Hall–Kier alpha value is -2.55. The number of terminal acetylenes is 1. The van der Waals surface area contributed by atoms with Crippen LogP contribution in [0.25, 0.3) is 0 Å². The van der Waals surface area contributed by atoms with Crippen molar-refractivity contribution in [1.29, 1.82) is 0 Å². The highest BCUT2D eigenvalue weighted by atomic mass is 16.6. The fraction of sp³-hybridized carbons (Fsp3) is 0.591. The highest BCUT2D eigenvalue weighted by Crippen LogP contribution is 2.33. The van der Waals surface area contributed by atoms with Gasteiger partial charge in [-0.1, -0.05) is 32.1 Å². The van der Waals surface area contributed by atoms with E-state index in [1.807, 2.05) is 0 Å². The van der Waals surface area contributed by atoms with Gasteiger partial charge >= 0.3 is 0 Å². The van der Waals surface area contributed by atoms with Crippen LogP contribution >= 0.6 is 0 Å². The first-order chi connectivity index (χ1) is 13.5. The number of nitro benzene ring substituents is 1. The van der Waals surface area contributed by atoms with Crippen LogP contribution in [0.1, 0.15) is 62.2 Å². The fourth-order valence-electron chi connectivity index (χ4n) is 4.34. The van der Waals surface area contributed by atoms with E-state index in [-0.39, 0.29) is 29.1 Å². The summed E-state index contributed by atoms with van der Waals surface area (Å²) in [4.78, 5) is 28.3. The first-order valence-electron chi connectivity index (χ1n) is 10.3. The van der Waals surface area contributed by atoms with E-state index < -0.39 is 0 Å². The largest absolute Gasteiger partial charge is 0.366 e. The Labute approximate surface area is 167 Å². The number of amides is 1. The smallest absolute Gasteiger partial charge is 0.293 e. The van der Waals surface area contributed by atoms with Gasteiger partial charge < -0.3 is 9.80 Å². The zero-order chi connectivity index (χ0) is 20.1. The molecular weight excluding hydrogens is 354 g/mol. The fourth-order valence-corrected chi connectivity index (χ4v) is 4.34. The lowest BCUT2D eigenvalue weighted by atomic mass is 9.93. The number of carbonyl (C=O) groups excluding carboxylic acids is 1. The van der Waals surface area contributed by atoms with Gasteiger partial charge in [0.1, 0.15) is 5.69 Å². The summed E-state index contributed by atoms with van der Waals surface area (Å²) in [6.07, 6.45) is 12.8. The number of nitrogens with zero attached hydrogens (tertiary/aromatic N) is 3. The van der Waals surface area contributed by atoms with Crippen LogP contribution in [0.15, 0.2) is 18.2 Å². The number of rotatable bonds is 5. The molecule has 0 spiro atoms. The number of carbonyl (C=O) groups is 1. The summed E-state index contributed by atoms with van der Waals surface area (Å²) in [5.74, 6) is 3.02. The van der Waals surface area contributed by atoms with Gasteiger partial charge in [-0.25, -0.2) is 0 Å². The van der Waals surface area contributed by atoms with E-state index in [4.69, 9.17) is 6.42 Å². The van der Waals surface area contributed by atoms with Gasteiger partial charge in [0, 0.05) is 30.8 Å². The maximum Gasteiger partial charge on any atom is 0.293 e. The van der Waals surface area contributed by atoms with E-state index >= 15 is 0 Å². The number of anilines is 1. The number of benzene rings is 1. The molecule has 0 unspecified atom stereocenters. The van der Waals surface area contributed by atoms with Gasteiger partial charge in [-0.3, -0.25) is 14.9 Å². The second-order valence-electron chi connectivity index (χ2n) is 8.06. The molecule has 1 aliphatic carbocycles. The van der Waals surface area contributed by atoms with Crippen LogP contribution in [-0.2, 0) is 0 Å². The summed E-state index contributed by atoms with van der Waals surface area (Å²) in [6, 6.07) is 5.01. The standard InChI is InChI=1S/C22H29N3O3/c1-3-13-24(19-7-5-4-6-8-19)22(26)18-9-10-20(21(16-18)25(27)28)23-14-11-17(2)12-15-23/h1,9-10,16-17,19H,4-8,11-15H2,2H3. The minimum atomic E-state index is -0.379. The molecular formula is C22H29N3O3. The Morgan fingerprint density at radius 3 is 2.54 bits per heavy atom. The van der Waals surface area contributed by atoms with Crippen LogP contribution < -0.4 is 4.90 Å². The molecule has 0 aromatic heterocycles. The predicted molar refractivity (Wildman–Crippen MR) is 110 cm³/mol. The summed E-state index contributed by atoms with van der Waals surface area (Å²) in [5.41, 5.74) is 0.959. The monoisotopic (exact) mass is 383 g/mol. The number of nitro groups is 1. The Morgan fingerprint density at radius 2 is 1.93 bits per heavy atom. The highest BCUT2D eigenvalue weighted by molar-refractivity contribution is 5.96. The van der Waals surface area contributed by atoms with E-state index in [2.05, 4.69) is 17.7 Å². The predicted octanol–water partition coefficient (Wildman–Crippen LogP) is 4.24. The zero-order valence-corrected chi connectivity index (χ0v) is 16.6. The van der Waals surface area contributed by atoms with Crippen LogP contribution in [-0.4, -0.2) is 41.4 Å². The zero-order valence-electron chi connectivity index (χ0n) is 16.6. The van der Waals surface area contributed by atoms with Crippen LogP contribution in [0.3, 0.4) is 0 Å². The van der Waals surface area contributed by atoms with Gasteiger partial charge in [0.2, 0.25) is 0 Å². The lowest BCUT2D eigenvalue weighted by molar-refractivity contribution is -0.384. The van der Waals surface area contributed by atoms with E-state index in [1.165, 1.54) is 12.5 Å². The third kappa shape index (κ3) is 4.46. The van der Waals surface area contributed by atoms with Crippen molar-refractivity contribution in [1.82, 2.24) is 4.90 Å². The molecule has 1 saturated carbocycles. The molecule has 1 saturated heterocycles. The molecule has 1 heterocycles. The Morgan fingerprint density at radius 1 is 1.25 bits per heavy atom. The van der Waals surface area contributed by atoms with Crippen LogP contribution in [0.5, 0.6) is 0 Å². The lowest BCUT2D eigenvalue weighted by Gasteiger charge is -2.33. The normalized spacial score (nSPS) is 18.5. The minimum absolute atomic E-state index is 0.00436. The molecule has 2 aliphatic rings. The van der Waals surface area contributed by atoms with Crippen molar-refractivity contribution in [3.8, 4) is 12.3 Å². The SMILES string of the molecule is C#CCN(C(=O)c1ccc(N2CCC(C)CC2)c([N+](=O)[O-])c1)C1CCCCC1. The van der Waals surface area contributed by atoms with E-state index in [0.717, 1.165) is 51.6 Å². The summed E-state index contributed by atoms with van der Waals surface area (Å²) in [7, 11) is 0. The molecule has 6 nitrogen and oxygen atoms in total.